The highest BCUT2D eigenvalue weighted by molar-refractivity contribution is 5.74. The van der Waals surface area contributed by atoms with Crippen molar-refractivity contribution in [3.63, 3.8) is 0 Å². The second-order valence-electron chi connectivity index (χ2n) is 5.62. The summed E-state index contributed by atoms with van der Waals surface area (Å²) in [6, 6.07) is 4.08. The summed E-state index contributed by atoms with van der Waals surface area (Å²) in [4.78, 5) is 19.8. The molecule has 2 amide bonds. The average Bonchev–Trinajstić information content (AvgIpc) is 3.00. The molecule has 0 unspecified atom stereocenters. The van der Waals surface area contributed by atoms with Crippen LogP contribution >= 0.6 is 0 Å². The van der Waals surface area contributed by atoms with E-state index in [2.05, 4.69) is 30.7 Å². The van der Waals surface area contributed by atoms with E-state index >= 15 is 0 Å². The van der Waals surface area contributed by atoms with Crippen molar-refractivity contribution in [3.05, 3.63) is 36.4 Å². The monoisotopic (exact) mass is 315 g/mol. The van der Waals surface area contributed by atoms with E-state index in [9.17, 15) is 4.79 Å². The molecule has 0 aliphatic carbocycles. The first-order valence-corrected chi connectivity index (χ1v) is 7.75. The van der Waals surface area contributed by atoms with Crippen molar-refractivity contribution in [1.82, 2.24) is 30.6 Å². The van der Waals surface area contributed by atoms with Crippen LogP contribution in [0.4, 0.5) is 10.5 Å². The molecule has 8 nitrogen and oxygen atoms in total. The summed E-state index contributed by atoms with van der Waals surface area (Å²) in [6.07, 6.45) is 7.12. The quantitative estimate of drug-likeness (QED) is 0.866. The molecule has 0 saturated carbocycles. The highest BCUT2D eigenvalue weighted by Crippen LogP contribution is 2.18. The van der Waals surface area contributed by atoms with Crippen molar-refractivity contribution in [2.45, 2.75) is 25.4 Å². The fourth-order valence-electron chi connectivity index (χ4n) is 2.71. The van der Waals surface area contributed by atoms with Crippen LogP contribution in [0.5, 0.6) is 0 Å². The number of hydrogen-bond acceptors (Lipinski definition) is 5. The number of amides is 2. The van der Waals surface area contributed by atoms with Gasteiger partial charge in [-0.3, -0.25) is 4.98 Å². The number of hydrogen-bond donors (Lipinski definition) is 2. The number of nitrogens with zero attached hydrogens (tertiary/aromatic N) is 5. The molecule has 122 valence electrons. The molecule has 3 rings (SSSR count). The summed E-state index contributed by atoms with van der Waals surface area (Å²) < 4.78 is 0. The lowest BCUT2D eigenvalue weighted by Gasteiger charge is -2.33. The number of piperidine rings is 1. The second-order valence-corrected chi connectivity index (χ2v) is 5.62. The van der Waals surface area contributed by atoms with Crippen molar-refractivity contribution >= 4 is 11.7 Å². The summed E-state index contributed by atoms with van der Waals surface area (Å²) in [5.41, 5.74) is 1.93. The molecule has 1 aliphatic rings. The number of urea groups is 1. The third-order valence-electron chi connectivity index (χ3n) is 3.94. The van der Waals surface area contributed by atoms with Crippen LogP contribution in [0.3, 0.4) is 0 Å². The Morgan fingerprint density at radius 3 is 2.70 bits per heavy atom. The Morgan fingerprint density at radius 1 is 1.30 bits per heavy atom. The fraction of sp³-hybridized carbons (Fsp3) is 0.467. The van der Waals surface area contributed by atoms with E-state index in [0.29, 0.717) is 6.54 Å². The van der Waals surface area contributed by atoms with Crippen molar-refractivity contribution in [2.24, 2.45) is 7.05 Å². The number of carbonyl (C=O) groups is 1. The zero-order valence-corrected chi connectivity index (χ0v) is 13.1. The Kier molecular flexibility index (Phi) is 4.70. The Labute approximate surface area is 134 Å². The van der Waals surface area contributed by atoms with Gasteiger partial charge in [0.15, 0.2) is 0 Å². The number of nitrogens with one attached hydrogen (secondary N) is 2. The van der Waals surface area contributed by atoms with E-state index in [1.807, 2.05) is 12.1 Å². The summed E-state index contributed by atoms with van der Waals surface area (Å²) >= 11 is 0. The number of pyridine rings is 1. The number of aryl methyl sites for hydroxylation is 1. The molecule has 1 saturated heterocycles. The van der Waals surface area contributed by atoms with Crippen molar-refractivity contribution in [3.8, 4) is 0 Å². The van der Waals surface area contributed by atoms with Gasteiger partial charge in [0.25, 0.3) is 0 Å². The Bertz CT molecular complexity index is 634. The van der Waals surface area contributed by atoms with Crippen LogP contribution in [-0.2, 0) is 13.6 Å². The zero-order chi connectivity index (χ0) is 16.1. The van der Waals surface area contributed by atoms with Gasteiger partial charge in [-0.25, -0.2) is 4.79 Å². The molecular weight excluding hydrogens is 294 g/mol. The van der Waals surface area contributed by atoms with Gasteiger partial charge >= 0.3 is 6.03 Å². The first-order chi connectivity index (χ1) is 11.2. The summed E-state index contributed by atoms with van der Waals surface area (Å²) in [6.45, 7) is 2.24. The topological polar surface area (TPSA) is 88.0 Å². The van der Waals surface area contributed by atoms with Gasteiger partial charge in [0, 0.05) is 44.3 Å². The molecule has 23 heavy (non-hydrogen) atoms. The number of anilines is 1. The van der Waals surface area contributed by atoms with Gasteiger partial charge in [0.05, 0.1) is 12.7 Å². The molecule has 1 aliphatic heterocycles. The minimum absolute atomic E-state index is 0.155. The minimum atomic E-state index is -0.155. The third-order valence-corrected chi connectivity index (χ3v) is 3.94. The molecule has 2 aromatic rings. The van der Waals surface area contributed by atoms with Gasteiger partial charge < -0.3 is 15.5 Å². The van der Waals surface area contributed by atoms with Gasteiger partial charge in [0.1, 0.15) is 5.69 Å². The Hall–Kier alpha value is -2.64. The van der Waals surface area contributed by atoms with Crippen LogP contribution in [-0.4, -0.2) is 45.1 Å². The fourth-order valence-corrected chi connectivity index (χ4v) is 2.71. The molecule has 0 bridgehead atoms. The maximum Gasteiger partial charge on any atom is 0.315 e. The lowest BCUT2D eigenvalue weighted by Crippen LogP contribution is -2.47. The van der Waals surface area contributed by atoms with E-state index in [1.54, 1.807) is 25.6 Å². The van der Waals surface area contributed by atoms with Crippen molar-refractivity contribution in [2.75, 3.05) is 18.0 Å². The number of rotatable bonds is 4. The highest BCUT2D eigenvalue weighted by Gasteiger charge is 2.20. The van der Waals surface area contributed by atoms with Crippen LogP contribution in [0.25, 0.3) is 0 Å². The Morgan fingerprint density at radius 2 is 2.04 bits per heavy atom. The standard InChI is InChI=1S/C15H21N7O/c1-21-18-11-13(20-21)10-17-15(23)19-12-4-8-22(9-5-12)14-2-6-16-7-3-14/h2-3,6-7,11-12H,4-5,8-10H2,1H3,(H2,17,19,23). The first kappa shape index (κ1) is 15.3. The smallest absolute Gasteiger partial charge is 0.315 e. The molecule has 8 heteroatoms. The largest absolute Gasteiger partial charge is 0.371 e. The molecule has 1 fully saturated rings. The summed E-state index contributed by atoms with van der Waals surface area (Å²) in [5.74, 6) is 0. The molecule has 2 N–H and O–H groups in total. The average molecular weight is 315 g/mol. The Balaban J connectivity index is 1.41. The van der Waals surface area contributed by atoms with E-state index in [4.69, 9.17) is 0 Å². The molecule has 2 aromatic heterocycles. The molecular formula is C15H21N7O. The molecule has 0 radical (unpaired) electrons. The van der Waals surface area contributed by atoms with Gasteiger partial charge in [-0.1, -0.05) is 0 Å². The number of carbonyl (C=O) groups excluding carboxylic acids is 1. The van der Waals surface area contributed by atoms with E-state index in [1.165, 1.54) is 10.5 Å². The molecule has 3 heterocycles. The van der Waals surface area contributed by atoms with Crippen LogP contribution < -0.4 is 15.5 Å². The lowest BCUT2D eigenvalue weighted by atomic mass is 10.0. The van der Waals surface area contributed by atoms with Gasteiger partial charge in [-0.2, -0.15) is 15.0 Å². The van der Waals surface area contributed by atoms with Crippen LogP contribution in [0.15, 0.2) is 30.7 Å². The summed E-state index contributed by atoms with van der Waals surface area (Å²) in [7, 11) is 1.75. The van der Waals surface area contributed by atoms with Crippen LogP contribution in [0, 0.1) is 0 Å². The van der Waals surface area contributed by atoms with E-state index < -0.39 is 0 Å². The van der Waals surface area contributed by atoms with Gasteiger partial charge in [0.2, 0.25) is 0 Å². The predicted molar refractivity (Wildman–Crippen MR) is 85.8 cm³/mol. The normalized spacial score (nSPS) is 15.4. The lowest BCUT2D eigenvalue weighted by molar-refractivity contribution is 0.234. The van der Waals surface area contributed by atoms with Gasteiger partial charge in [-0.05, 0) is 25.0 Å². The maximum atomic E-state index is 11.9. The second kappa shape index (κ2) is 7.08. The van der Waals surface area contributed by atoms with Crippen LogP contribution in [0.1, 0.15) is 18.5 Å². The third kappa shape index (κ3) is 4.18. The minimum Gasteiger partial charge on any atom is -0.371 e. The first-order valence-electron chi connectivity index (χ1n) is 7.75. The summed E-state index contributed by atoms with van der Waals surface area (Å²) in [5, 5.41) is 13.9. The highest BCUT2D eigenvalue weighted by atomic mass is 16.2. The number of aromatic nitrogens is 4. The zero-order valence-electron chi connectivity index (χ0n) is 13.1. The van der Waals surface area contributed by atoms with Crippen molar-refractivity contribution < 1.29 is 4.79 Å². The maximum absolute atomic E-state index is 11.9. The van der Waals surface area contributed by atoms with E-state index in [0.717, 1.165) is 31.6 Å². The van der Waals surface area contributed by atoms with Crippen LogP contribution in [0.2, 0.25) is 0 Å². The molecule has 0 spiro atoms. The molecule has 0 aromatic carbocycles. The van der Waals surface area contributed by atoms with Gasteiger partial charge in [-0.15, -0.1) is 0 Å². The SMILES string of the molecule is Cn1ncc(CNC(=O)NC2CCN(c3ccncc3)CC2)n1. The van der Waals surface area contributed by atoms with E-state index in [-0.39, 0.29) is 12.1 Å². The predicted octanol–water partition coefficient (Wildman–Crippen LogP) is 0.678. The molecule has 0 atom stereocenters. The van der Waals surface area contributed by atoms with Crippen molar-refractivity contribution in [1.29, 1.82) is 0 Å².